The molecule has 0 aliphatic carbocycles. The Morgan fingerprint density at radius 1 is 1.00 bits per heavy atom. The Balaban J connectivity index is 1.26. The number of hydrogen-bond donors (Lipinski definition) is 1. The Labute approximate surface area is 162 Å². The quantitative estimate of drug-likeness (QED) is 0.880. The van der Waals surface area contributed by atoms with Crippen LogP contribution < -0.4 is 0 Å². The Bertz CT molecular complexity index is 744. The normalized spacial score (nSPS) is 20.2. The molecule has 1 fully saturated rings. The van der Waals surface area contributed by atoms with Crippen molar-refractivity contribution in [2.24, 2.45) is 0 Å². The summed E-state index contributed by atoms with van der Waals surface area (Å²) in [6, 6.07) is 8.37. The lowest BCUT2D eigenvalue weighted by molar-refractivity contribution is -0.0260. The molecule has 1 N–H and O–H groups in total. The van der Waals surface area contributed by atoms with Gasteiger partial charge in [0.15, 0.2) is 0 Å². The van der Waals surface area contributed by atoms with Gasteiger partial charge in [0, 0.05) is 32.5 Å². The third-order valence-corrected chi connectivity index (χ3v) is 6.33. The molecule has 0 saturated carbocycles. The number of hydrogen-bond acceptors (Lipinski definition) is 4. The van der Waals surface area contributed by atoms with E-state index in [1.807, 2.05) is 0 Å². The predicted molar refractivity (Wildman–Crippen MR) is 107 cm³/mol. The summed E-state index contributed by atoms with van der Waals surface area (Å²) in [6.45, 7) is 6.17. The fourth-order valence-electron chi connectivity index (χ4n) is 4.49. The van der Waals surface area contributed by atoms with Gasteiger partial charge in [-0.1, -0.05) is 36.2 Å². The average molecular weight is 369 g/mol. The highest BCUT2D eigenvalue weighted by atomic mass is 16.3. The molecule has 0 bridgehead atoms. The zero-order valence-corrected chi connectivity index (χ0v) is 16.5. The first-order chi connectivity index (χ1) is 13.1. The van der Waals surface area contributed by atoms with Gasteiger partial charge in [-0.15, -0.1) is 10.2 Å². The molecule has 146 valence electrons. The molecule has 0 unspecified atom stereocenters. The van der Waals surface area contributed by atoms with Crippen LogP contribution in [-0.2, 0) is 25.0 Å². The van der Waals surface area contributed by atoms with Crippen LogP contribution in [0, 0.1) is 6.92 Å². The van der Waals surface area contributed by atoms with Crippen LogP contribution in [0.1, 0.15) is 61.3 Å². The van der Waals surface area contributed by atoms with Crippen LogP contribution in [-0.4, -0.2) is 44.4 Å². The van der Waals surface area contributed by atoms with Crippen LogP contribution in [0.25, 0.3) is 0 Å². The zero-order valence-electron chi connectivity index (χ0n) is 16.5. The summed E-state index contributed by atoms with van der Waals surface area (Å²) < 4.78 is 2.36. The van der Waals surface area contributed by atoms with E-state index in [9.17, 15) is 5.11 Å². The van der Waals surface area contributed by atoms with Crippen molar-refractivity contribution in [2.45, 2.75) is 70.4 Å². The average Bonchev–Trinajstić information content (AvgIpc) is 2.90. The minimum Gasteiger partial charge on any atom is -0.385 e. The molecule has 0 amide bonds. The number of aliphatic hydroxyl groups is 1. The summed E-state index contributed by atoms with van der Waals surface area (Å²) in [5.74, 6) is 2.35. The molecule has 1 aromatic carbocycles. The number of nitrogens with zero attached hydrogens (tertiary/aromatic N) is 4. The van der Waals surface area contributed by atoms with Crippen LogP contribution in [0.4, 0.5) is 0 Å². The van der Waals surface area contributed by atoms with Gasteiger partial charge >= 0.3 is 0 Å². The van der Waals surface area contributed by atoms with Gasteiger partial charge in [-0.2, -0.15) is 0 Å². The highest BCUT2D eigenvalue weighted by molar-refractivity contribution is 5.27. The number of likely N-dealkylation sites (tertiary alicyclic amines) is 1. The first-order valence-corrected chi connectivity index (χ1v) is 10.6. The summed E-state index contributed by atoms with van der Waals surface area (Å²) in [4.78, 5) is 2.49. The highest BCUT2D eigenvalue weighted by Gasteiger charge is 2.33. The van der Waals surface area contributed by atoms with Crippen LogP contribution in [0.3, 0.4) is 0 Å². The molecule has 2 aliphatic rings. The summed E-state index contributed by atoms with van der Waals surface area (Å²) in [5, 5.41) is 19.9. The fourth-order valence-corrected chi connectivity index (χ4v) is 4.49. The SMILES string of the molecule is Cc1ccc(C2(O)CCN(CCCc3nnc4n3CCCCC4)CC2)cc1. The number of aromatic nitrogens is 3. The van der Waals surface area contributed by atoms with Gasteiger partial charge in [0.05, 0.1) is 5.60 Å². The Kier molecular flexibility index (Phi) is 5.60. The van der Waals surface area contributed by atoms with Gasteiger partial charge in [-0.3, -0.25) is 0 Å². The molecular formula is C22H32N4O. The number of benzene rings is 1. The molecule has 0 spiro atoms. The first-order valence-electron chi connectivity index (χ1n) is 10.6. The summed E-state index contributed by atoms with van der Waals surface area (Å²) in [5.41, 5.74) is 1.65. The molecule has 1 saturated heterocycles. The Morgan fingerprint density at radius 2 is 1.78 bits per heavy atom. The molecule has 4 rings (SSSR count). The molecule has 5 nitrogen and oxygen atoms in total. The standard InChI is InChI=1S/C22H32N4O/c1-18-8-10-19(11-9-18)22(27)12-16-25(17-13-22)14-5-7-21-24-23-20-6-3-2-4-15-26(20)21/h8-11,27H,2-7,12-17H2,1H3. The van der Waals surface area contributed by atoms with E-state index in [1.54, 1.807) is 0 Å². The second-order valence-electron chi connectivity index (χ2n) is 8.34. The fraction of sp³-hybridized carbons (Fsp3) is 0.636. The van der Waals surface area contributed by atoms with Crippen molar-refractivity contribution >= 4 is 0 Å². The highest BCUT2D eigenvalue weighted by Crippen LogP contribution is 2.33. The third-order valence-electron chi connectivity index (χ3n) is 6.33. The molecule has 0 radical (unpaired) electrons. The number of fused-ring (bicyclic) bond motifs is 1. The van der Waals surface area contributed by atoms with Crippen molar-refractivity contribution in [2.75, 3.05) is 19.6 Å². The van der Waals surface area contributed by atoms with Gasteiger partial charge in [0.25, 0.3) is 0 Å². The van der Waals surface area contributed by atoms with Crippen LogP contribution >= 0.6 is 0 Å². The largest absolute Gasteiger partial charge is 0.385 e. The maximum absolute atomic E-state index is 11.0. The Morgan fingerprint density at radius 3 is 2.56 bits per heavy atom. The van der Waals surface area contributed by atoms with Gasteiger partial charge in [0.1, 0.15) is 11.6 Å². The van der Waals surface area contributed by atoms with E-state index in [-0.39, 0.29) is 0 Å². The van der Waals surface area contributed by atoms with Crippen molar-refractivity contribution in [3.8, 4) is 0 Å². The number of aryl methyl sites for hydroxylation is 3. The third kappa shape index (κ3) is 4.25. The van der Waals surface area contributed by atoms with E-state index < -0.39 is 5.60 Å². The molecule has 5 heteroatoms. The van der Waals surface area contributed by atoms with Crippen LogP contribution in [0.15, 0.2) is 24.3 Å². The van der Waals surface area contributed by atoms with E-state index >= 15 is 0 Å². The van der Waals surface area contributed by atoms with E-state index in [4.69, 9.17) is 0 Å². The van der Waals surface area contributed by atoms with E-state index in [0.717, 1.165) is 63.8 Å². The maximum atomic E-state index is 11.0. The lowest BCUT2D eigenvalue weighted by Gasteiger charge is -2.38. The Hall–Kier alpha value is -1.72. The first kappa shape index (κ1) is 18.6. The molecule has 2 aliphatic heterocycles. The van der Waals surface area contributed by atoms with Crippen LogP contribution in [0.2, 0.25) is 0 Å². The van der Waals surface area contributed by atoms with Crippen molar-refractivity contribution in [1.29, 1.82) is 0 Å². The minimum absolute atomic E-state index is 0.658. The molecule has 27 heavy (non-hydrogen) atoms. The van der Waals surface area contributed by atoms with Gasteiger partial charge < -0.3 is 14.6 Å². The molecule has 0 atom stereocenters. The maximum Gasteiger partial charge on any atom is 0.133 e. The number of rotatable bonds is 5. The monoisotopic (exact) mass is 368 g/mol. The van der Waals surface area contributed by atoms with Crippen molar-refractivity contribution in [1.82, 2.24) is 19.7 Å². The summed E-state index contributed by atoms with van der Waals surface area (Å²) >= 11 is 0. The zero-order chi connectivity index (χ0) is 18.7. The van der Waals surface area contributed by atoms with Gasteiger partial charge in [-0.05, 0) is 51.1 Å². The van der Waals surface area contributed by atoms with E-state index in [2.05, 4.69) is 50.9 Å². The smallest absolute Gasteiger partial charge is 0.133 e. The van der Waals surface area contributed by atoms with Gasteiger partial charge in [-0.25, -0.2) is 0 Å². The lowest BCUT2D eigenvalue weighted by Crippen LogP contribution is -2.43. The molecule has 2 aromatic rings. The van der Waals surface area contributed by atoms with E-state index in [0.29, 0.717) is 0 Å². The molecule has 1 aromatic heterocycles. The van der Waals surface area contributed by atoms with Gasteiger partial charge in [0.2, 0.25) is 0 Å². The topological polar surface area (TPSA) is 54.2 Å². The predicted octanol–water partition coefficient (Wildman–Crippen LogP) is 3.23. The van der Waals surface area contributed by atoms with Crippen molar-refractivity contribution in [3.63, 3.8) is 0 Å². The van der Waals surface area contributed by atoms with E-state index in [1.165, 1.54) is 36.5 Å². The van der Waals surface area contributed by atoms with Crippen molar-refractivity contribution in [3.05, 3.63) is 47.0 Å². The molecule has 3 heterocycles. The lowest BCUT2D eigenvalue weighted by atomic mass is 9.84. The summed E-state index contributed by atoms with van der Waals surface area (Å²) in [6.07, 6.45) is 8.63. The second kappa shape index (κ2) is 8.11. The molecular weight excluding hydrogens is 336 g/mol. The summed E-state index contributed by atoms with van der Waals surface area (Å²) in [7, 11) is 0. The van der Waals surface area contributed by atoms with Crippen LogP contribution in [0.5, 0.6) is 0 Å². The van der Waals surface area contributed by atoms with Crippen molar-refractivity contribution < 1.29 is 5.11 Å². The second-order valence-corrected chi connectivity index (χ2v) is 8.34. The number of piperidine rings is 1. The minimum atomic E-state index is -0.658.